The maximum Gasteiger partial charge on any atom is 0.0789 e. The van der Waals surface area contributed by atoms with E-state index in [0.29, 0.717) is 19.1 Å². The van der Waals surface area contributed by atoms with Crippen LogP contribution in [0.5, 0.6) is 0 Å². The molecule has 0 unspecified atom stereocenters. The Morgan fingerprint density at radius 2 is 1.88 bits per heavy atom. The highest BCUT2D eigenvalue weighted by Crippen LogP contribution is 2.08. The van der Waals surface area contributed by atoms with Crippen molar-refractivity contribution in [1.29, 1.82) is 0 Å². The molecule has 1 rings (SSSR count). The van der Waals surface area contributed by atoms with Gasteiger partial charge in [-0.15, -0.1) is 0 Å². The normalized spacial score (nSPS) is 13.4. The Morgan fingerprint density at radius 3 is 2.38 bits per heavy atom. The Balaban J connectivity index is 2.58. The Kier molecular flexibility index (Phi) is 5.46. The van der Waals surface area contributed by atoms with E-state index in [-0.39, 0.29) is 0 Å². The standard InChI is InChI=1S/C13H22N2O/c1-11(2)15(10-13(16)8-14)9-12-6-4-3-5-7-12/h3-7,11,13,16H,8-10,14H2,1-2H3/t13-/m1/s1. The number of nitrogens with zero attached hydrogens (tertiary/aromatic N) is 1. The zero-order chi connectivity index (χ0) is 12.0. The van der Waals surface area contributed by atoms with Crippen LogP contribution in [0.25, 0.3) is 0 Å². The lowest BCUT2D eigenvalue weighted by Crippen LogP contribution is -2.39. The van der Waals surface area contributed by atoms with Gasteiger partial charge in [0.25, 0.3) is 0 Å². The summed E-state index contributed by atoms with van der Waals surface area (Å²) >= 11 is 0. The maximum atomic E-state index is 9.59. The SMILES string of the molecule is CC(C)N(Cc1ccccc1)C[C@H](O)CN. The minimum atomic E-state index is -0.439. The Morgan fingerprint density at radius 1 is 1.25 bits per heavy atom. The Labute approximate surface area is 97.9 Å². The van der Waals surface area contributed by atoms with Crippen molar-refractivity contribution < 1.29 is 5.11 Å². The quantitative estimate of drug-likeness (QED) is 0.761. The number of hydrogen-bond donors (Lipinski definition) is 2. The van der Waals surface area contributed by atoms with Gasteiger partial charge in [0.05, 0.1) is 6.10 Å². The molecule has 16 heavy (non-hydrogen) atoms. The van der Waals surface area contributed by atoms with Gasteiger partial charge >= 0.3 is 0 Å². The Hall–Kier alpha value is -0.900. The first-order valence-electron chi connectivity index (χ1n) is 5.79. The summed E-state index contributed by atoms with van der Waals surface area (Å²) in [5, 5.41) is 9.59. The van der Waals surface area contributed by atoms with Crippen LogP contribution in [0.3, 0.4) is 0 Å². The lowest BCUT2D eigenvalue weighted by molar-refractivity contribution is 0.0960. The van der Waals surface area contributed by atoms with Crippen molar-refractivity contribution in [3.8, 4) is 0 Å². The fourth-order valence-electron chi connectivity index (χ4n) is 1.62. The minimum Gasteiger partial charge on any atom is -0.390 e. The van der Waals surface area contributed by atoms with Crippen molar-refractivity contribution in [3.05, 3.63) is 35.9 Å². The molecule has 0 fully saturated rings. The van der Waals surface area contributed by atoms with Gasteiger partial charge in [0, 0.05) is 25.7 Å². The number of benzene rings is 1. The van der Waals surface area contributed by atoms with Crippen molar-refractivity contribution in [2.24, 2.45) is 5.73 Å². The van der Waals surface area contributed by atoms with Gasteiger partial charge in [-0.05, 0) is 19.4 Å². The molecule has 1 aromatic rings. The van der Waals surface area contributed by atoms with E-state index >= 15 is 0 Å². The number of hydrogen-bond acceptors (Lipinski definition) is 3. The fourth-order valence-corrected chi connectivity index (χ4v) is 1.62. The van der Waals surface area contributed by atoms with Gasteiger partial charge in [-0.2, -0.15) is 0 Å². The lowest BCUT2D eigenvalue weighted by Gasteiger charge is -2.28. The molecule has 3 nitrogen and oxygen atoms in total. The van der Waals surface area contributed by atoms with Gasteiger partial charge in [0.15, 0.2) is 0 Å². The van der Waals surface area contributed by atoms with Crippen LogP contribution in [0.15, 0.2) is 30.3 Å². The second-order valence-corrected chi connectivity index (χ2v) is 4.40. The summed E-state index contributed by atoms with van der Waals surface area (Å²) < 4.78 is 0. The van der Waals surface area contributed by atoms with E-state index in [1.165, 1.54) is 5.56 Å². The second-order valence-electron chi connectivity index (χ2n) is 4.40. The molecule has 0 aliphatic heterocycles. The van der Waals surface area contributed by atoms with E-state index in [4.69, 9.17) is 5.73 Å². The highest BCUT2D eigenvalue weighted by molar-refractivity contribution is 5.14. The maximum absolute atomic E-state index is 9.59. The van der Waals surface area contributed by atoms with Crippen molar-refractivity contribution in [3.63, 3.8) is 0 Å². The zero-order valence-electron chi connectivity index (χ0n) is 10.1. The third-order valence-corrected chi connectivity index (χ3v) is 2.68. The molecular formula is C13H22N2O. The molecule has 0 radical (unpaired) electrons. The molecule has 3 heteroatoms. The lowest BCUT2D eigenvalue weighted by atomic mass is 10.1. The molecule has 0 saturated heterocycles. The molecule has 1 atom stereocenters. The molecule has 1 aromatic carbocycles. The zero-order valence-corrected chi connectivity index (χ0v) is 10.1. The second kappa shape index (κ2) is 6.63. The number of aliphatic hydroxyl groups is 1. The van der Waals surface area contributed by atoms with Crippen LogP contribution >= 0.6 is 0 Å². The summed E-state index contributed by atoms with van der Waals surface area (Å²) in [5.41, 5.74) is 6.70. The summed E-state index contributed by atoms with van der Waals surface area (Å²) in [6.07, 6.45) is -0.439. The average Bonchev–Trinajstić information content (AvgIpc) is 2.29. The van der Waals surface area contributed by atoms with Gasteiger partial charge in [0.2, 0.25) is 0 Å². The van der Waals surface area contributed by atoms with E-state index in [9.17, 15) is 5.11 Å². The summed E-state index contributed by atoms with van der Waals surface area (Å²) in [7, 11) is 0. The van der Waals surface area contributed by atoms with Crippen molar-refractivity contribution >= 4 is 0 Å². The fraction of sp³-hybridized carbons (Fsp3) is 0.538. The van der Waals surface area contributed by atoms with Crippen LogP contribution in [0, 0.1) is 0 Å². The summed E-state index contributed by atoms with van der Waals surface area (Å²) in [6, 6.07) is 10.7. The first-order valence-corrected chi connectivity index (χ1v) is 5.79. The van der Waals surface area contributed by atoms with Crippen LogP contribution in [0.2, 0.25) is 0 Å². The van der Waals surface area contributed by atoms with E-state index in [0.717, 1.165) is 6.54 Å². The largest absolute Gasteiger partial charge is 0.390 e. The van der Waals surface area contributed by atoms with E-state index in [1.54, 1.807) is 0 Å². The molecule has 0 heterocycles. The van der Waals surface area contributed by atoms with Gasteiger partial charge in [-0.25, -0.2) is 0 Å². The molecule has 0 bridgehead atoms. The van der Waals surface area contributed by atoms with Crippen LogP contribution in [0.1, 0.15) is 19.4 Å². The van der Waals surface area contributed by atoms with Gasteiger partial charge in [0.1, 0.15) is 0 Å². The molecule has 3 N–H and O–H groups in total. The van der Waals surface area contributed by atoms with E-state index in [1.807, 2.05) is 18.2 Å². The third-order valence-electron chi connectivity index (χ3n) is 2.68. The van der Waals surface area contributed by atoms with E-state index in [2.05, 4.69) is 30.9 Å². The number of nitrogens with two attached hydrogens (primary N) is 1. The number of aliphatic hydroxyl groups excluding tert-OH is 1. The summed E-state index contributed by atoms with van der Waals surface area (Å²) in [6.45, 7) is 6.06. The predicted octanol–water partition coefficient (Wildman–Crippen LogP) is 1.22. The van der Waals surface area contributed by atoms with Crippen LogP contribution in [-0.4, -0.2) is 35.2 Å². The van der Waals surface area contributed by atoms with Crippen molar-refractivity contribution in [1.82, 2.24) is 4.90 Å². The predicted molar refractivity (Wildman–Crippen MR) is 67.0 cm³/mol. The first-order chi connectivity index (χ1) is 7.63. The highest BCUT2D eigenvalue weighted by Gasteiger charge is 2.13. The van der Waals surface area contributed by atoms with Crippen molar-refractivity contribution in [2.45, 2.75) is 32.5 Å². The van der Waals surface area contributed by atoms with E-state index < -0.39 is 6.10 Å². The molecule has 0 aromatic heterocycles. The van der Waals surface area contributed by atoms with Crippen LogP contribution in [0.4, 0.5) is 0 Å². The minimum absolute atomic E-state index is 0.317. The van der Waals surface area contributed by atoms with Gasteiger partial charge < -0.3 is 10.8 Å². The summed E-state index contributed by atoms with van der Waals surface area (Å²) in [4.78, 5) is 2.23. The van der Waals surface area contributed by atoms with Crippen LogP contribution in [-0.2, 0) is 6.54 Å². The topological polar surface area (TPSA) is 49.5 Å². The first kappa shape index (κ1) is 13.2. The van der Waals surface area contributed by atoms with Crippen molar-refractivity contribution in [2.75, 3.05) is 13.1 Å². The smallest absolute Gasteiger partial charge is 0.0789 e. The molecule has 0 spiro atoms. The molecule has 90 valence electrons. The molecule has 0 saturated carbocycles. The van der Waals surface area contributed by atoms with Crippen LogP contribution < -0.4 is 5.73 Å². The summed E-state index contributed by atoms with van der Waals surface area (Å²) in [5.74, 6) is 0. The monoisotopic (exact) mass is 222 g/mol. The molecular weight excluding hydrogens is 200 g/mol. The van der Waals surface area contributed by atoms with Gasteiger partial charge in [-0.1, -0.05) is 30.3 Å². The Bertz CT molecular complexity index is 287. The molecule has 0 aliphatic carbocycles. The number of rotatable bonds is 6. The molecule has 0 amide bonds. The van der Waals surface area contributed by atoms with Gasteiger partial charge in [-0.3, -0.25) is 4.90 Å². The highest BCUT2D eigenvalue weighted by atomic mass is 16.3. The molecule has 0 aliphatic rings. The third kappa shape index (κ3) is 4.31. The average molecular weight is 222 g/mol.